The summed E-state index contributed by atoms with van der Waals surface area (Å²) < 4.78 is 65.1. The minimum atomic E-state index is -5.24. The Labute approximate surface area is 108 Å². The van der Waals surface area contributed by atoms with Gasteiger partial charge in [0.25, 0.3) is 11.7 Å². The lowest BCUT2D eigenvalue weighted by atomic mass is 10.1. The van der Waals surface area contributed by atoms with E-state index in [4.69, 9.17) is 17.3 Å². The minimum absolute atomic E-state index is 0.243. The molecule has 0 aromatic carbocycles. The van der Waals surface area contributed by atoms with Gasteiger partial charge in [-0.25, -0.2) is 13.8 Å². The Hall–Kier alpha value is -1.48. The summed E-state index contributed by atoms with van der Waals surface area (Å²) in [5, 5.41) is -1.36. The highest BCUT2D eigenvalue weighted by molar-refractivity contribution is 6.68. The van der Waals surface area contributed by atoms with Crippen LogP contribution in [0.4, 0.5) is 22.0 Å². The molecule has 0 saturated heterocycles. The summed E-state index contributed by atoms with van der Waals surface area (Å²) in [4.78, 5) is 14.2. The van der Waals surface area contributed by atoms with E-state index in [1.165, 1.54) is 0 Å². The van der Waals surface area contributed by atoms with Crippen LogP contribution in [0.25, 0.3) is 0 Å². The Morgan fingerprint density at radius 1 is 1.47 bits per heavy atom. The van der Waals surface area contributed by atoms with Crippen molar-refractivity contribution in [3.05, 3.63) is 22.9 Å². The van der Waals surface area contributed by atoms with Crippen molar-refractivity contribution in [2.75, 3.05) is 0 Å². The molecule has 2 N–H and O–H groups in total. The average Bonchev–Trinajstić information content (AvgIpc) is 2.24. The summed E-state index contributed by atoms with van der Waals surface area (Å²) in [6, 6.07) is 0.792. The summed E-state index contributed by atoms with van der Waals surface area (Å²) in [6.45, 7) is -0.380. The number of pyridine rings is 1. The molecule has 0 radical (unpaired) electrons. The van der Waals surface area contributed by atoms with Crippen LogP contribution >= 0.6 is 11.6 Å². The van der Waals surface area contributed by atoms with Gasteiger partial charge in [-0.3, -0.25) is 4.79 Å². The zero-order valence-electron chi connectivity index (χ0n) is 8.97. The Morgan fingerprint density at radius 3 is 2.42 bits per heavy atom. The maximum absolute atomic E-state index is 12.7. The van der Waals surface area contributed by atoms with Crippen molar-refractivity contribution in [1.29, 1.82) is 0 Å². The maximum atomic E-state index is 12.7. The fourth-order valence-electron chi connectivity index (χ4n) is 1.25. The second-order valence-electron chi connectivity index (χ2n) is 3.21. The van der Waals surface area contributed by atoms with Crippen molar-refractivity contribution in [1.82, 2.24) is 4.98 Å². The lowest BCUT2D eigenvalue weighted by molar-refractivity contribution is -0.276. The number of nitrogens with two attached hydrogens (primary N) is 1. The normalized spacial score (nSPS) is 11.8. The first kappa shape index (κ1) is 15.6. The zero-order valence-corrected chi connectivity index (χ0v) is 9.73. The quantitative estimate of drug-likeness (QED) is 0.686. The van der Waals surface area contributed by atoms with E-state index in [0.717, 1.165) is 6.07 Å². The van der Waals surface area contributed by atoms with Gasteiger partial charge in [0.2, 0.25) is 5.88 Å². The van der Waals surface area contributed by atoms with Gasteiger partial charge in [0.15, 0.2) is 0 Å². The molecule has 0 aliphatic rings. The summed E-state index contributed by atoms with van der Waals surface area (Å²) in [6.07, 6.45) is -8.66. The summed E-state index contributed by atoms with van der Waals surface area (Å²) in [5.41, 5.74) is 2.74. The SMILES string of the molecule is NCc1cc(C(=O)Cl)c(C(F)F)c(OC(F)(F)F)n1. The third-order valence-corrected chi connectivity index (χ3v) is 2.13. The Morgan fingerprint density at radius 2 is 2.05 bits per heavy atom. The molecule has 0 aliphatic heterocycles. The van der Waals surface area contributed by atoms with Crippen LogP contribution in [0.5, 0.6) is 5.88 Å². The summed E-state index contributed by atoms with van der Waals surface area (Å²) in [7, 11) is 0. The molecule has 0 bridgehead atoms. The molecule has 4 nitrogen and oxygen atoms in total. The number of hydrogen-bond donors (Lipinski definition) is 1. The van der Waals surface area contributed by atoms with E-state index in [2.05, 4.69) is 9.72 Å². The molecule has 0 unspecified atom stereocenters. The molecule has 0 spiro atoms. The smallest absolute Gasteiger partial charge is 0.387 e. The number of halogens is 6. The van der Waals surface area contributed by atoms with E-state index in [1.54, 1.807) is 0 Å². The number of carbonyl (C=O) groups is 1. The number of ether oxygens (including phenoxy) is 1. The van der Waals surface area contributed by atoms with Gasteiger partial charge in [-0.05, 0) is 17.7 Å². The maximum Gasteiger partial charge on any atom is 0.574 e. The molecule has 10 heteroatoms. The van der Waals surface area contributed by atoms with Gasteiger partial charge in [0.05, 0.1) is 16.8 Å². The van der Waals surface area contributed by atoms with Crippen LogP contribution in [0.1, 0.15) is 28.0 Å². The highest BCUT2D eigenvalue weighted by atomic mass is 35.5. The van der Waals surface area contributed by atoms with Crippen molar-refractivity contribution in [2.45, 2.75) is 19.3 Å². The van der Waals surface area contributed by atoms with Crippen LogP contribution in [0.2, 0.25) is 0 Å². The van der Waals surface area contributed by atoms with Gasteiger partial charge < -0.3 is 10.5 Å². The van der Waals surface area contributed by atoms with Crippen molar-refractivity contribution in [3.63, 3.8) is 0 Å². The Bertz CT molecular complexity index is 492. The monoisotopic (exact) mass is 304 g/mol. The number of hydrogen-bond acceptors (Lipinski definition) is 4. The molecule has 106 valence electrons. The van der Waals surface area contributed by atoms with E-state index < -0.39 is 35.0 Å². The lowest BCUT2D eigenvalue weighted by Crippen LogP contribution is -2.21. The van der Waals surface area contributed by atoms with Crippen molar-refractivity contribution in [3.8, 4) is 5.88 Å². The van der Waals surface area contributed by atoms with E-state index in [-0.39, 0.29) is 12.2 Å². The molecular formula is C9H6ClF5N2O2. The number of aromatic nitrogens is 1. The number of carbonyl (C=O) groups excluding carboxylic acids is 1. The molecular weight excluding hydrogens is 299 g/mol. The first-order chi connectivity index (χ1) is 8.65. The second kappa shape index (κ2) is 5.66. The molecule has 0 fully saturated rings. The third-order valence-electron chi connectivity index (χ3n) is 1.93. The predicted molar refractivity (Wildman–Crippen MR) is 54.0 cm³/mol. The molecule has 0 amide bonds. The summed E-state index contributed by atoms with van der Waals surface area (Å²) in [5.74, 6) is -1.44. The van der Waals surface area contributed by atoms with Crippen molar-refractivity contribution < 1.29 is 31.5 Å². The highest BCUT2D eigenvalue weighted by Gasteiger charge is 2.36. The number of rotatable bonds is 4. The van der Waals surface area contributed by atoms with Gasteiger partial charge in [-0.1, -0.05) is 0 Å². The minimum Gasteiger partial charge on any atom is -0.387 e. The van der Waals surface area contributed by atoms with Crippen molar-refractivity contribution >= 4 is 16.8 Å². The van der Waals surface area contributed by atoms with Crippen LogP contribution in [0.15, 0.2) is 6.07 Å². The largest absolute Gasteiger partial charge is 0.574 e. The fraction of sp³-hybridized carbons (Fsp3) is 0.333. The molecule has 0 saturated carbocycles. The van der Waals surface area contributed by atoms with Crippen molar-refractivity contribution in [2.24, 2.45) is 5.73 Å². The lowest BCUT2D eigenvalue weighted by Gasteiger charge is -2.15. The molecule has 0 aliphatic carbocycles. The predicted octanol–water partition coefficient (Wildman–Crippen LogP) is 2.76. The van der Waals surface area contributed by atoms with Crippen LogP contribution in [-0.4, -0.2) is 16.6 Å². The van der Waals surface area contributed by atoms with E-state index >= 15 is 0 Å². The first-order valence-corrected chi connectivity index (χ1v) is 5.01. The number of nitrogens with zero attached hydrogens (tertiary/aromatic N) is 1. The molecule has 1 rings (SSSR count). The average molecular weight is 305 g/mol. The van der Waals surface area contributed by atoms with Gasteiger partial charge in [-0.15, -0.1) is 13.2 Å². The Kier molecular flexibility index (Phi) is 4.64. The van der Waals surface area contributed by atoms with Crippen LogP contribution in [-0.2, 0) is 6.54 Å². The van der Waals surface area contributed by atoms with E-state index in [9.17, 15) is 26.7 Å². The van der Waals surface area contributed by atoms with E-state index in [1.807, 2.05) is 0 Å². The third kappa shape index (κ3) is 4.00. The first-order valence-electron chi connectivity index (χ1n) is 4.63. The van der Waals surface area contributed by atoms with Crippen LogP contribution in [0.3, 0.4) is 0 Å². The molecule has 1 heterocycles. The molecule has 19 heavy (non-hydrogen) atoms. The molecule has 1 aromatic heterocycles. The number of alkyl halides is 5. The zero-order chi connectivity index (χ0) is 14.8. The van der Waals surface area contributed by atoms with E-state index in [0.29, 0.717) is 0 Å². The fourth-order valence-corrected chi connectivity index (χ4v) is 1.40. The second-order valence-corrected chi connectivity index (χ2v) is 3.55. The van der Waals surface area contributed by atoms with Gasteiger partial charge in [0, 0.05) is 6.54 Å². The van der Waals surface area contributed by atoms with Crippen LogP contribution in [0, 0.1) is 0 Å². The standard InChI is InChI=1S/C9H6ClF5N2O2/c10-6(18)4-1-3(2-16)17-8(5(4)7(11)12)19-9(13,14)15/h1,7H,2,16H2. The molecule has 0 atom stereocenters. The van der Waals surface area contributed by atoms with Gasteiger partial charge >= 0.3 is 6.36 Å². The molecule has 1 aromatic rings. The summed E-state index contributed by atoms with van der Waals surface area (Å²) >= 11 is 5.05. The van der Waals surface area contributed by atoms with Crippen LogP contribution < -0.4 is 10.5 Å². The topological polar surface area (TPSA) is 65.2 Å². The Balaban J connectivity index is 3.48. The van der Waals surface area contributed by atoms with Gasteiger partial charge in [0.1, 0.15) is 0 Å². The highest BCUT2D eigenvalue weighted by Crippen LogP contribution is 2.35. The van der Waals surface area contributed by atoms with Gasteiger partial charge in [-0.2, -0.15) is 0 Å².